The number of ether oxygens (including phenoxy) is 1. The molecule has 0 spiro atoms. The molecule has 0 saturated carbocycles. The first-order valence-electron chi connectivity index (χ1n) is 8.10. The second kappa shape index (κ2) is 9.78. The van der Waals surface area contributed by atoms with Crippen molar-refractivity contribution < 1.29 is 14.3 Å². The molecule has 1 atom stereocenters. The fraction of sp³-hybridized carbons (Fsp3) is 0.875. The van der Waals surface area contributed by atoms with Gasteiger partial charge >= 0.3 is 6.09 Å². The van der Waals surface area contributed by atoms with Crippen molar-refractivity contribution in [2.45, 2.75) is 71.6 Å². The summed E-state index contributed by atoms with van der Waals surface area (Å²) < 4.78 is 5.05. The van der Waals surface area contributed by atoms with Crippen molar-refractivity contribution in [1.82, 2.24) is 4.90 Å². The zero-order valence-corrected chi connectivity index (χ0v) is 13.0. The molecule has 0 aromatic heterocycles. The van der Waals surface area contributed by atoms with Crippen LogP contribution in [0.5, 0.6) is 0 Å². The molecule has 2 amide bonds. The highest BCUT2D eigenvalue weighted by atomic mass is 16.6. The number of hydrogen-bond donors (Lipinski definition) is 0. The van der Waals surface area contributed by atoms with Crippen LogP contribution in [0.3, 0.4) is 0 Å². The molecule has 4 heteroatoms. The van der Waals surface area contributed by atoms with E-state index in [-0.39, 0.29) is 5.91 Å². The van der Waals surface area contributed by atoms with E-state index >= 15 is 0 Å². The van der Waals surface area contributed by atoms with E-state index in [0.717, 1.165) is 6.42 Å². The number of cyclic esters (lactones) is 1. The maximum atomic E-state index is 11.4. The molecule has 1 heterocycles. The Hall–Kier alpha value is -1.06. The third-order valence-corrected chi connectivity index (χ3v) is 3.95. The Morgan fingerprint density at radius 3 is 2.35 bits per heavy atom. The van der Waals surface area contributed by atoms with Crippen LogP contribution in [0.25, 0.3) is 0 Å². The lowest BCUT2D eigenvalue weighted by Gasteiger charge is -2.30. The first-order chi connectivity index (χ1) is 9.65. The molecule has 1 rings (SSSR count). The Balaban J connectivity index is 2.04. The van der Waals surface area contributed by atoms with Crippen molar-refractivity contribution in [2.75, 3.05) is 13.2 Å². The molecule has 0 N–H and O–H groups in total. The summed E-state index contributed by atoms with van der Waals surface area (Å²) in [5.41, 5.74) is 0. The van der Waals surface area contributed by atoms with E-state index in [1.54, 1.807) is 0 Å². The van der Waals surface area contributed by atoms with Gasteiger partial charge in [-0.2, -0.15) is 0 Å². The summed E-state index contributed by atoms with van der Waals surface area (Å²) >= 11 is 0. The Kier molecular flexibility index (Phi) is 8.31. The van der Waals surface area contributed by atoms with Crippen LogP contribution in [0.1, 0.15) is 71.6 Å². The molecule has 116 valence electrons. The summed E-state index contributed by atoms with van der Waals surface area (Å²) in [6.45, 7) is 4.66. The number of rotatable bonds is 9. The minimum atomic E-state index is -0.482. The molecule has 1 aliphatic heterocycles. The van der Waals surface area contributed by atoms with Crippen molar-refractivity contribution in [3.63, 3.8) is 0 Å². The average molecular weight is 283 g/mol. The van der Waals surface area contributed by atoms with Crippen LogP contribution in [-0.4, -0.2) is 30.1 Å². The predicted molar refractivity (Wildman–Crippen MR) is 79.5 cm³/mol. The van der Waals surface area contributed by atoms with E-state index in [4.69, 9.17) is 4.74 Å². The zero-order valence-electron chi connectivity index (χ0n) is 13.0. The van der Waals surface area contributed by atoms with Gasteiger partial charge in [-0.1, -0.05) is 58.3 Å². The van der Waals surface area contributed by atoms with E-state index in [0.29, 0.717) is 19.1 Å². The van der Waals surface area contributed by atoms with E-state index in [2.05, 4.69) is 6.92 Å². The van der Waals surface area contributed by atoms with Crippen LogP contribution in [0.15, 0.2) is 0 Å². The van der Waals surface area contributed by atoms with Crippen LogP contribution in [0.2, 0.25) is 0 Å². The number of carbonyl (C=O) groups excluding carboxylic acids is 2. The lowest BCUT2D eigenvalue weighted by Crippen LogP contribution is -2.45. The Morgan fingerprint density at radius 2 is 1.75 bits per heavy atom. The minimum Gasteiger partial charge on any atom is -0.449 e. The topological polar surface area (TPSA) is 46.6 Å². The molecule has 1 aliphatic rings. The maximum absolute atomic E-state index is 11.4. The first kappa shape index (κ1) is 17.0. The molecule has 0 radical (unpaired) electrons. The fourth-order valence-electron chi connectivity index (χ4n) is 2.65. The lowest BCUT2D eigenvalue weighted by molar-refractivity contribution is -0.129. The van der Waals surface area contributed by atoms with Gasteiger partial charge in [0.2, 0.25) is 5.91 Å². The van der Waals surface area contributed by atoms with Crippen LogP contribution in [0.4, 0.5) is 4.79 Å². The standard InChI is InChI=1S/C16H29NO3/c1-3-4-5-6-7-8-9-10-11-15-12-17(14(2)18)16(19)20-13-15/h15H,3-13H2,1-2H3. The minimum absolute atomic E-state index is 0.212. The largest absolute Gasteiger partial charge is 0.449 e. The normalized spacial score (nSPS) is 19.0. The highest BCUT2D eigenvalue weighted by molar-refractivity contribution is 5.90. The van der Waals surface area contributed by atoms with Crippen LogP contribution < -0.4 is 0 Å². The number of hydrogen-bond acceptors (Lipinski definition) is 3. The number of carbonyl (C=O) groups is 2. The van der Waals surface area contributed by atoms with Gasteiger partial charge < -0.3 is 4.74 Å². The van der Waals surface area contributed by atoms with Crippen LogP contribution in [0, 0.1) is 5.92 Å². The van der Waals surface area contributed by atoms with Crippen LogP contribution >= 0.6 is 0 Å². The Bertz CT molecular complexity index is 304. The van der Waals surface area contributed by atoms with Gasteiger partial charge in [-0.05, 0) is 6.42 Å². The van der Waals surface area contributed by atoms with E-state index in [1.165, 1.54) is 63.2 Å². The SMILES string of the molecule is CCCCCCCCCCC1COC(=O)N(C(C)=O)C1. The van der Waals surface area contributed by atoms with Gasteiger partial charge in [0.15, 0.2) is 0 Å². The highest BCUT2D eigenvalue weighted by Gasteiger charge is 2.29. The molecule has 20 heavy (non-hydrogen) atoms. The second-order valence-corrected chi connectivity index (χ2v) is 5.84. The third kappa shape index (κ3) is 6.40. The second-order valence-electron chi connectivity index (χ2n) is 5.84. The molecule has 0 aromatic rings. The van der Waals surface area contributed by atoms with Crippen LogP contribution in [-0.2, 0) is 9.53 Å². The maximum Gasteiger partial charge on any atom is 0.416 e. The summed E-state index contributed by atoms with van der Waals surface area (Å²) in [6.07, 6.45) is 11.0. The molecule has 1 saturated heterocycles. The van der Waals surface area contributed by atoms with Gasteiger partial charge in [-0.15, -0.1) is 0 Å². The molecule has 0 bridgehead atoms. The monoisotopic (exact) mass is 283 g/mol. The third-order valence-electron chi connectivity index (χ3n) is 3.95. The van der Waals surface area contributed by atoms with Gasteiger partial charge in [-0.25, -0.2) is 9.69 Å². The van der Waals surface area contributed by atoms with Crippen molar-refractivity contribution in [3.8, 4) is 0 Å². The van der Waals surface area contributed by atoms with Crippen molar-refractivity contribution in [1.29, 1.82) is 0 Å². The molecule has 0 aliphatic carbocycles. The molecule has 1 fully saturated rings. The van der Waals surface area contributed by atoms with Crippen molar-refractivity contribution in [2.24, 2.45) is 5.92 Å². The Labute approximate surface area is 122 Å². The lowest BCUT2D eigenvalue weighted by atomic mass is 9.99. The summed E-state index contributed by atoms with van der Waals surface area (Å²) in [7, 11) is 0. The first-order valence-corrected chi connectivity index (χ1v) is 8.10. The van der Waals surface area contributed by atoms with Gasteiger partial charge in [0, 0.05) is 19.4 Å². The molecular formula is C16H29NO3. The highest BCUT2D eigenvalue weighted by Crippen LogP contribution is 2.18. The molecule has 4 nitrogen and oxygen atoms in total. The van der Waals surface area contributed by atoms with Gasteiger partial charge in [-0.3, -0.25) is 4.79 Å². The van der Waals surface area contributed by atoms with Gasteiger partial charge in [0.25, 0.3) is 0 Å². The molecular weight excluding hydrogens is 254 g/mol. The average Bonchev–Trinajstić information content (AvgIpc) is 2.43. The quantitative estimate of drug-likeness (QED) is 0.598. The molecule has 1 unspecified atom stereocenters. The number of amides is 2. The fourth-order valence-corrected chi connectivity index (χ4v) is 2.65. The van der Waals surface area contributed by atoms with Gasteiger partial charge in [0.1, 0.15) is 0 Å². The summed E-state index contributed by atoms with van der Waals surface area (Å²) in [5.74, 6) is 0.104. The molecule has 0 aromatic carbocycles. The summed E-state index contributed by atoms with van der Waals surface area (Å²) in [4.78, 5) is 23.9. The smallest absolute Gasteiger partial charge is 0.416 e. The van der Waals surface area contributed by atoms with Crippen molar-refractivity contribution >= 4 is 12.0 Å². The van der Waals surface area contributed by atoms with E-state index < -0.39 is 6.09 Å². The van der Waals surface area contributed by atoms with E-state index in [9.17, 15) is 9.59 Å². The summed E-state index contributed by atoms with van der Waals surface area (Å²) in [5, 5.41) is 0. The summed E-state index contributed by atoms with van der Waals surface area (Å²) in [6, 6.07) is 0. The number of imide groups is 1. The number of unbranched alkanes of at least 4 members (excludes halogenated alkanes) is 7. The van der Waals surface area contributed by atoms with Gasteiger partial charge in [0.05, 0.1) is 6.61 Å². The zero-order chi connectivity index (χ0) is 14.8. The predicted octanol–water partition coefficient (Wildman–Crippen LogP) is 4.13. The Morgan fingerprint density at radius 1 is 1.15 bits per heavy atom. The van der Waals surface area contributed by atoms with Crippen molar-refractivity contribution in [3.05, 3.63) is 0 Å². The number of nitrogens with zero attached hydrogens (tertiary/aromatic N) is 1. The van der Waals surface area contributed by atoms with E-state index in [1.807, 2.05) is 0 Å².